The molecule has 2 aliphatic heterocycles. The number of hydrogen-bond acceptors (Lipinski definition) is 6. The number of amides is 2. The molecule has 1 fully saturated rings. The van der Waals surface area contributed by atoms with Crippen LogP contribution in [0.5, 0.6) is 0 Å². The van der Waals surface area contributed by atoms with Crippen LogP contribution in [0.15, 0.2) is 12.3 Å². The predicted octanol–water partition coefficient (Wildman–Crippen LogP) is -1.45. The van der Waals surface area contributed by atoms with Gasteiger partial charge in [0.2, 0.25) is 11.8 Å². The number of methoxy groups -OCH3 is 1. The van der Waals surface area contributed by atoms with Crippen LogP contribution < -0.4 is 21.5 Å². The molecule has 0 aromatic rings. The normalized spacial score (nSPS) is 25.7. The average Bonchev–Trinajstić information content (AvgIpc) is 2.91. The molecule has 2 amide bonds. The number of carbonyl (C=O) groups excluding carboxylic acids is 3. The highest BCUT2D eigenvalue weighted by atomic mass is 16.5. The molecule has 8 heteroatoms. The lowest BCUT2D eigenvalue weighted by molar-refractivity contribution is -0.146. The first-order chi connectivity index (χ1) is 10.1. The van der Waals surface area contributed by atoms with Crippen LogP contribution in [0.2, 0.25) is 0 Å². The number of esters is 1. The van der Waals surface area contributed by atoms with Gasteiger partial charge in [-0.15, -0.1) is 0 Å². The molecular formula is C13H20N4O4. The zero-order chi connectivity index (χ0) is 15.2. The fourth-order valence-electron chi connectivity index (χ4n) is 2.43. The molecule has 0 radical (unpaired) electrons. The third kappa shape index (κ3) is 3.94. The van der Waals surface area contributed by atoms with Crippen LogP contribution in [0, 0.1) is 5.92 Å². The summed E-state index contributed by atoms with van der Waals surface area (Å²) in [5, 5.41) is 5.37. The molecule has 1 unspecified atom stereocenters. The second-order valence-corrected chi connectivity index (χ2v) is 5.08. The topological polar surface area (TPSA) is 109 Å². The van der Waals surface area contributed by atoms with Crippen molar-refractivity contribution in [3.8, 4) is 0 Å². The lowest BCUT2D eigenvalue weighted by atomic mass is 9.98. The molecule has 0 saturated carbocycles. The quantitative estimate of drug-likeness (QED) is 0.462. The van der Waals surface area contributed by atoms with Crippen molar-refractivity contribution in [2.24, 2.45) is 5.92 Å². The molecule has 0 bridgehead atoms. The first-order valence-corrected chi connectivity index (χ1v) is 6.93. The second-order valence-electron chi connectivity index (χ2n) is 5.08. The Labute approximate surface area is 122 Å². The fourth-order valence-corrected chi connectivity index (χ4v) is 2.43. The van der Waals surface area contributed by atoms with Crippen molar-refractivity contribution in [2.45, 2.75) is 31.3 Å². The highest BCUT2D eigenvalue weighted by Crippen LogP contribution is 2.17. The highest BCUT2D eigenvalue weighted by Gasteiger charge is 2.33. The van der Waals surface area contributed by atoms with Crippen molar-refractivity contribution in [1.82, 2.24) is 21.5 Å². The Kier molecular flexibility index (Phi) is 5.15. The Morgan fingerprint density at radius 3 is 2.90 bits per heavy atom. The Morgan fingerprint density at radius 2 is 2.33 bits per heavy atom. The van der Waals surface area contributed by atoms with Gasteiger partial charge in [0.15, 0.2) is 0 Å². The molecule has 2 rings (SSSR count). The molecule has 0 aromatic carbocycles. The van der Waals surface area contributed by atoms with E-state index in [2.05, 4.69) is 21.5 Å². The van der Waals surface area contributed by atoms with Gasteiger partial charge in [0.1, 0.15) is 12.1 Å². The minimum absolute atomic E-state index is 0.0847. The van der Waals surface area contributed by atoms with Gasteiger partial charge in [0.25, 0.3) is 0 Å². The number of carbonyl (C=O) groups is 3. The van der Waals surface area contributed by atoms with Crippen molar-refractivity contribution < 1.29 is 19.1 Å². The van der Waals surface area contributed by atoms with Gasteiger partial charge in [-0.1, -0.05) is 6.08 Å². The van der Waals surface area contributed by atoms with Crippen LogP contribution in [0.1, 0.15) is 19.3 Å². The predicted molar refractivity (Wildman–Crippen MR) is 73.5 cm³/mol. The Balaban J connectivity index is 1.95. The maximum absolute atomic E-state index is 12.1. The number of rotatable bonds is 5. The van der Waals surface area contributed by atoms with Gasteiger partial charge in [0, 0.05) is 18.7 Å². The lowest BCUT2D eigenvalue weighted by Gasteiger charge is -2.24. The van der Waals surface area contributed by atoms with E-state index in [1.54, 1.807) is 6.20 Å². The minimum Gasteiger partial charge on any atom is -0.467 e. The van der Waals surface area contributed by atoms with Crippen molar-refractivity contribution in [2.75, 3.05) is 13.7 Å². The van der Waals surface area contributed by atoms with E-state index in [0.717, 1.165) is 0 Å². The molecule has 2 aliphatic rings. The summed E-state index contributed by atoms with van der Waals surface area (Å²) in [6.07, 6.45) is 4.95. The van der Waals surface area contributed by atoms with E-state index in [0.29, 0.717) is 19.4 Å². The molecule has 8 nitrogen and oxygen atoms in total. The maximum Gasteiger partial charge on any atom is 0.328 e. The van der Waals surface area contributed by atoms with Gasteiger partial charge in [0.05, 0.1) is 7.11 Å². The van der Waals surface area contributed by atoms with E-state index in [1.165, 1.54) is 7.11 Å². The van der Waals surface area contributed by atoms with Crippen molar-refractivity contribution in [1.29, 1.82) is 0 Å². The summed E-state index contributed by atoms with van der Waals surface area (Å²) >= 11 is 0. The van der Waals surface area contributed by atoms with Gasteiger partial charge < -0.3 is 20.8 Å². The van der Waals surface area contributed by atoms with Crippen molar-refractivity contribution >= 4 is 17.8 Å². The number of hydrazine groups is 1. The Morgan fingerprint density at radius 1 is 1.52 bits per heavy atom. The van der Waals surface area contributed by atoms with Gasteiger partial charge >= 0.3 is 5.97 Å². The Hall–Kier alpha value is -2.09. The zero-order valence-corrected chi connectivity index (χ0v) is 11.8. The zero-order valence-electron chi connectivity index (χ0n) is 11.8. The van der Waals surface area contributed by atoms with Gasteiger partial charge in [-0.25, -0.2) is 10.2 Å². The molecule has 2 heterocycles. The van der Waals surface area contributed by atoms with E-state index in [1.807, 2.05) is 6.08 Å². The van der Waals surface area contributed by atoms with E-state index in [9.17, 15) is 14.4 Å². The summed E-state index contributed by atoms with van der Waals surface area (Å²) in [4.78, 5) is 35.5. The molecular weight excluding hydrogens is 276 g/mol. The van der Waals surface area contributed by atoms with E-state index < -0.39 is 18.1 Å². The fraction of sp³-hybridized carbons (Fsp3) is 0.615. The standard InChI is InChI=1S/C13H20N4O4/c1-21-13(20)10(7-8-4-6-14-11(8)18)16-12(19)9-3-2-5-15-17-9/h2,5,8-10,15,17H,3-4,6-7H2,1H3,(H,14,18)(H,16,19)/t8-,9?,10-/m0/s1. The molecule has 4 N–H and O–H groups in total. The molecule has 3 atom stereocenters. The van der Waals surface area contributed by atoms with Crippen LogP contribution in [-0.2, 0) is 19.1 Å². The number of nitrogens with one attached hydrogen (secondary N) is 4. The van der Waals surface area contributed by atoms with Crippen LogP contribution in [0.25, 0.3) is 0 Å². The third-order valence-corrected chi connectivity index (χ3v) is 3.63. The lowest BCUT2D eigenvalue weighted by Crippen LogP contribution is -2.54. The Bertz CT molecular complexity index is 451. The van der Waals surface area contributed by atoms with Crippen LogP contribution in [-0.4, -0.2) is 43.5 Å². The molecule has 0 aliphatic carbocycles. The molecule has 21 heavy (non-hydrogen) atoms. The van der Waals surface area contributed by atoms with Gasteiger partial charge in [-0.2, -0.15) is 0 Å². The summed E-state index contributed by atoms with van der Waals surface area (Å²) < 4.78 is 4.71. The van der Waals surface area contributed by atoms with Gasteiger partial charge in [-0.3, -0.25) is 9.59 Å². The number of ether oxygens (including phenoxy) is 1. The summed E-state index contributed by atoms with van der Waals surface area (Å²) in [5.41, 5.74) is 5.54. The summed E-state index contributed by atoms with van der Waals surface area (Å²) in [7, 11) is 1.26. The van der Waals surface area contributed by atoms with E-state index in [-0.39, 0.29) is 24.2 Å². The summed E-state index contributed by atoms with van der Waals surface area (Å²) in [6.45, 7) is 0.601. The summed E-state index contributed by atoms with van der Waals surface area (Å²) in [6, 6.07) is -1.27. The average molecular weight is 296 g/mol. The van der Waals surface area contributed by atoms with Crippen LogP contribution in [0.4, 0.5) is 0 Å². The SMILES string of the molecule is COC(=O)[C@H](C[C@@H]1CCNC1=O)NC(=O)C1CC=CNN1. The second kappa shape index (κ2) is 7.07. The smallest absolute Gasteiger partial charge is 0.328 e. The molecule has 0 aromatic heterocycles. The minimum atomic E-state index is -0.816. The van der Waals surface area contributed by atoms with E-state index >= 15 is 0 Å². The van der Waals surface area contributed by atoms with Gasteiger partial charge in [-0.05, 0) is 19.3 Å². The first kappa shape index (κ1) is 15.3. The maximum atomic E-state index is 12.1. The molecule has 1 saturated heterocycles. The summed E-state index contributed by atoms with van der Waals surface area (Å²) in [5.74, 6) is -1.20. The van der Waals surface area contributed by atoms with Crippen LogP contribution in [0.3, 0.4) is 0 Å². The van der Waals surface area contributed by atoms with Crippen molar-refractivity contribution in [3.63, 3.8) is 0 Å². The number of hydrogen-bond donors (Lipinski definition) is 4. The highest BCUT2D eigenvalue weighted by molar-refractivity contribution is 5.88. The largest absolute Gasteiger partial charge is 0.467 e. The molecule has 0 spiro atoms. The van der Waals surface area contributed by atoms with Crippen LogP contribution >= 0.6 is 0 Å². The first-order valence-electron chi connectivity index (χ1n) is 6.93. The third-order valence-electron chi connectivity index (χ3n) is 3.63. The molecule has 116 valence electrons. The van der Waals surface area contributed by atoms with E-state index in [4.69, 9.17) is 4.74 Å². The van der Waals surface area contributed by atoms with Crippen molar-refractivity contribution in [3.05, 3.63) is 12.3 Å². The monoisotopic (exact) mass is 296 g/mol.